The Labute approximate surface area is 60.6 Å². The number of rotatable bonds is 1. The zero-order valence-electron chi connectivity index (χ0n) is 3.77. The highest BCUT2D eigenvalue weighted by atomic mass is 35.5. The lowest BCUT2D eigenvalue weighted by Crippen LogP contribution is -1.68. The van der Waals surface area contributed by atoms with Gasteiger partial charge in [0.15, 0.2) is 5.15 Å². The zero-order valence-corrected chi connectivity index (χ0v) is 6.09. The van der Waals surface area contributed by atoms with Crippen molar-refractivity contribution in [3.05, 3.63) is 10.0 Å². The molecule has 0 aliphatic carbocycles. The minimum atomic E-state index is 0.399. The average molecular weight is 169 g/mol. The summed E-state index contributed by atoms with van der Waals surface area (Å²) in [4.78, 5) is 0.827. The van der Waals surface area contributed by atoms with Gasteiger partial charge in [-0.3, -0.25) is 0 Å². The molecule has 0 N–H and O–H groups in total. The van der Waals surface area contributed by atoms with Gasteiger partial charge in [-0.2, -0.15) is 0 Å². The Morgan fingerprint density at radius 1 is 1.62 bits per heavy atom. The van der Waals surface area contributed by atoms with E-state index in [0.717, 1.165) is 4.88 Å². The quantitative estimate of drug-likeness (QED) is 0.600. The lowest BCUT2D eigenvalue weighted by molar-refractivity contribution is 1.15. The summed E-state index contributed by atoms with van der Waals surface area (Å²) in [5, 5.41) is 3.96. The van der Waals surface area contributed by atoms with Crippen LogP contribution < -0.4 is 0 Å². The summed E-state index contributed by atoms with van der Waals surface area (Å²) >= 11 is 12.1. The van der Waals surface area contributed by atoms with Gasteiger partial charge in [0.1, 0.15) is 0 Å². The molecule has 2 nitrogen and oxygen atoms in total. The van der Waals surface area contributed by atoms with Crippen LogP contribution in [0, 0.1) is 0 Å². The molecule has 0 saturated heterocycles. The van der Waals surface area contributed by atoms with Crippen LogP contribution in [-0.4, -0.2) is 9.59 Å². The Hall–Kier alpha value is 0.140. The van der Waals surface area contributed by atoms with Gasteiger partial charge in [-0.15, -0.1) is 16.7 Å². The van der Waals surface area contributed by atoms with E-state index in [-0.39, 0.29) is 0 Å². The molecule has 0 fully saturated rings. The van der Waals surface area contributed by atoms with Crippen LogP contribution in [0.25, 0.3) is 0 Å². The fourth-order valence-corrected chi connectivity index (χ4v) is 1.26. The first-order valence-corrected chi connectivity index (χ1v) is 3.56. The molecule has 1 heterocycles. The maximum atomic E-state index is 5.49. The van der Waals surface area contributed by atoms with E-state index < -0.39 is 0 Å². The molecule has 0 aromatic carbocycles. The smallest absolute Gasteiger partial charge is 0.126 e. The third-order valence-electron chi connectivity index (χ3n) is 0.631. The van der Waals surface area contributed by atoms with Crippen LogP contribution in [0.15, 0.2) is 0 Å². The molecule has 44 valence electrons. The second kappa shape index (κ2) is 2.62. The summed E-state index contributed by atoms with van der Waals surface area (Å²) in [6.45, 7) is 0. The summed E-state index contributed by atoms with van der Waals surface area (Å²) in [7, 11) is 0. The second-order valence-corrected chi connectivity index (χ2v) is 2.58. The maximum Gasteiger partial charge on any atom is 0.168 e. The Morgan fingerprint density at radius 2 is 2.38 bits per heavy atom. The van der Waals surface area contributed by atoms with E-state index in [2.05, 4.69) is 9.59 Å². The maximum absolute atomic E-state index is 5.49. The van der Waals surface area contributed by atoms with Gasteiger partial charge >= 0.3 is 0 Å². The number of nitrogens with zero attached hydrogens (tertiary/aromatic N) is 2. The van der Waals surface area contributed by atoms with Gasteiger partial charge in [0.2, 0.25) is 0 Å². The van der Waals surface area contributed by atoms with Crippen molar-refractivity contribution < 1.29 is 0 Å². The minimum Gasteiger partial charge on any atom is -0.126 e. The molecule has 0 aliphatic rings. The highest BCUT2D eigenvalue weighted by molar-refractivity contribution is 7.06. The van der Waals surface area contributed by atoms with Crippen LogP contribution >= 0.6 is 34.7 Å². The van der Waals surface area contributed by atoms with Crippen LogP contribution in [0.4, 0.5) is 0 Å². The fourth-order valence-electron chi connectivity index (χ4n) is 0.278. The van der Waals surface area contributed by atoms with Crippen molar-refractivity contribution in [1.29, 1.82) is 0 Å². The van der Waals surface area contributed by atoms with Gasteiger partial charge in [-0.05, 0) is 11.5 Å². The van der Waals surface area contributed by atoms with Gasteiger partial charge in [0, 0.05) is 0 Å². The molecule has 0 atom stereocenters. The largest absolute Gasteiger partial charge is 0.168 e. The van der Waals surface area contributed by atoms with Crippen LogP contribution in [-0.2, 0) is 5.88 Å². The molecular weight excluding hydrogens is 167 g/mol. The van der Waals surface area contributed by atoms with E-state index in [4.69, 9.17) is 23.2 Å². The van der Waals surface area contributed by atoms with Gasteiger partial charge in [0.25, 0.3) is 0 Å². The molecule has 0 unspecified atom stereocenters. The Morgan fingerprint density at radius 3 is 2.62 bits per heavy atom. The van der Waals surface area contributed by atoms with Crippen molar-refractivity contribution in [2.45, 2.75) is 5.88 Å². The predicted octanol–water partition coefficient (Wildman–Crippen LogP) is 1.93. The van der Waals surface area contributed by atoms with Crippen molar-refractivity contribution >= 4 is 34.7 Å². The number of alkyl halides is 1. The monoisotopic (exact) mass is 168 g/mol. The van der Waals surface area contributed by atoms with Crippen molar-refractivity contribution in [3.63, 3.8) is 0 Å². The molecule has 1 rings (SSSR count). The fraction of sp³-hybridized carbons (Fsp3) is 0.333. The van der Waals surface area contributed by atoms with Crippen molar-refractivity contribution in [3.8, 4) is 0 Å². The topological polar surface area (TPSA) is 25.8 Å². The van der Waals surface area contributed by atoms with Crippen LogP contribution in [0.3, 0.4) is 0 Å². The predicted molar refractivity (Wildman–Crippen MR) is 34.5 cm³/mol. The molecule has 0 aliphatic heterocycles. The van der Waals surface area contributed by atoms with Crippen LogP contribution in [0.1, 0.15) is 4.88 Å². The Bertz CT molecular complexity index is 176. The first kappa shape index (κ1) is 6.26. The normalized spacial score (nSPS) is 9.75. The lowest BCUT2D eigenvalue weighted by Gasteiger charge is -1.78. The summed E-state index contributed by atoms with van der Waals surface area (Å²) in [6, 6.07) is 0. The molecule has 5 heteroatoms. The summed E-state index contributed by atoms with van der Waals surface area (Å²) < 4.78 is 3.57. The van der Waals surface area contributed by atoms with E-state index in [9.17, 15) is 0 Å². The van der Waals surface area contributed by atoms with Gasteiger partial charge < -0.3 is 0 Å². The van der Waals surface area contributed by atoms with Crippen LogP contribution in [0.2, 0.25) is 5.15 Å². The first-order chi connectivity index (χ1) is 3.84. The standard InChI is InChI=1S/C3H2Cl2N2S/c4-1-2-3(5)6-7-8-2/h1H2. The third kappa shape index (κ3) is 1.10. The van der Waals surface area contributed by atoms with Crippen molar-refractivity contribution in [1.82, 2.24) is 9.59 Å². The van der Waals surface area contributed by atoms with E-state index in [0.29, 0.717) is 11.0 Å². The molecule has 8 heavy (non-hydrogen) atoms. The average Bonchev–Trinajstić information content (AvgIpc) is 2.14. The summed E-state index contributed by atoms with van der Waals surface area (Å²) in [5.74, 6) is 0.399. The molecule has 1 aromatic heterocycles. The SMILES string of the molecule is ClCc1snnc1Cl. The molecule has 0 bridgehead atoms. The van der Waals surface area contributed by atoms with Gasteiger partial charge in [-0.25, -0.2) is 0 Å². The Kier molecular flexibility index (Phi) is 2.05. The zero-order chi connectivity index (χ0) is 5.98. The Balaban J connectivity index is 2.92. The van der Waals surface area contributed by atoms with E-state index >= 15 is 0 Å². The van der Waals surface area contributed by atoms with E-state index in [1.807, 2.05) is 0 Å². The summed E-state index contributed by atoms with van der Waals surface area (Å²) in [6.07, 6.45) is 0. The van der Waals surface area contributed by atoms with E-state index in [1.165, 1.54) is 11.5 Å². The number of halogens is 2. The van der Waals surface area contributed by atoms with Crippen LogP contribution in [0.5, 0.6) is 0 Å². The molecule has 0 radical (unpaired) electrons. The third-order valence-corrected chi connectivity index (χ3v) is 2.19. The van der Waals surface area contributed by atoms with Crippen molar-refractivity contribution in [2.75, 3.05) is 0 Å². The van der Waals surface area contributed by atoms with Gasteiger partial charge in [-0.1, -0.05) is 16.1 Å². The molecular formula is C3H2Cl2N2S. The number of aromatic nitrogens is 2. The lowest BCUT2D eigenvalue weighted by atomic mass is 10.6. The highest BCUT2D eigenvalue weighted by Crippen LogP contribution is 2.17. The number of hydrogen-bond acceptors (Lipinski definition) is 3. The van der Waals surface area contributed by atoms with E-state index in [1.54, 1.807) is 0 Å². The van der Waals surface area contributed by atoms with Gasteiger partial charge in [0.05, 0.1) is 10.8 Å². The molecule has 0 amide bonds. The van der Waals surface area contributed by atoms with Crippen molar-refractivity contribution in [2.24, 2.45) is 0 Å². The summed E-state index contributed by atoms with van der Waals surface area (Å²) in [5.41, 5.74) is 0. The molecule has 0 saturated carbocycles. The highest BCUT2D eigenvalue weighted by Gasteiger charge is 2.00. The molecule has 0 spiro atoms. The number of hydrogen-bond donors (Lipinski definition) is 0. The minimum absolute atomic E-state index is 0.399. The second-order valence-electron chi connectivity index (χ2n) is 1.12. The molecule has 1 aromatic rings. The first-order valence-electron chi connectivity index (χ1n) is 1.87.